The number of benzene rings is 1. The van der Waals surface area contributed by atoms with Gasteiger partial charge in [0.05, 0.1) is 0 Å². The fourth-order valence-corrected chi connectivity index (χ4v) is 3.03. The molecule has 1 saturated carbocycles. The molecule has 1 aromatic rings. The van der Waals surface area contributed by atoms with Gasteiger partial charge in [-0.2, -0.15) is 0 Å². The van der Waals surface area contributed by atoms with E-state index in [0.717, 1.165) is 43.0 Å². The highest BCUT2D eigenvalue weighted by atomic mass is 35.5. The Labute approximate surface area is 132 Å². The Morgan fingerprint density at radius 2 is 1.90 bits per heavy atom. The Hall–Kier alpha value is -1.28. The number of allylic oxidation sites excluding steroid dienone is 1. The van der Waals surface area contributed by atoms with Gasteiger partial charge in [0.1, 0.15) is 6.10 Å². The number of hydrogen-bond acceptors (Lipinski definition) is 2. The molecule has 21 heavy (non-hydrogen) atoms. The lowest BCUT2D eigenvalue weighted by Gasteiger charge is -2.28. The number of carbonyl (C=O) groups is 1. The average Bonchev–Trinajstić information content (AvgIpc) is 2.48. The number of aryl methyl sites for hydroxylation is 1. The van der Waals surface area contributed by atoms with Crippen molar-refractivity contribution in [2.24, 2.45) is 5.92 Å². The zero-order chi connectivity index (χ0) is 15.1. The summed E-state index contributed by atoms with van der Waals surface area (Å²) >= 11 is 5.89. The van der Waals surface area contributed by atoms with E-state index in [1.54, 1.807) is 6.08 Å². The standard InChI is InChI=1S/C18H23ClO2/c1-2-3-18(20)21-17-12-8-15(9-13-17)5-4-14-6-10-16(19)11-7-14/h2-3,6-7,10-11,15,17H,4-5,8-9,12-13H2,1H3. The van der Waals surface area contributed by atoms with E-state index >= 15 is 0 Å². The molecule has 114 valence electrons. The Morgan fingerprint density at radius 1 is 1.24 bits per heavy atom. The topological polar surface area (TPSA) is 26.3 Å². The van der Waals surface area contributed by atoms with Gasteiger partial charge in [-0.15, -0.1) is 0 Å². The lowest BCUT2D eigenvalue weighted by Crippen LogP contribution is -2.24. The van der Waals surface area contributed by atoms with Gasteiger partial charge in [-0.25, -0.2) is 4.79 Å². The summed E-state index contributed by atoms with van der Waals surface area (Å²) in [5, 5.41) is 0.794. The molecule has 0 amide bonds. The Morgan fingerprint density at radius 3 is 2.52 bits per heavy atom. The first-order chi connectivity index (χ1) is 10.2. The highest BCUT2D eigenvalue weighted by Crippen LogP contribution is 2.29. The summed E-state index contributed by atoms with van der Waals surface area (Å²) in [7, 11) is 0. The van der Waals surface area contributed by atoms with Crippen LogP contribution in [0.5, 0.6) is 0 Å². The van der Waals surface area contributed by atoms with E-state index in [4.69, 9.17) is 16.3 Å². The minimum absolute atomic E-state index is 0.112. The monoisotopic (exact) mass is 306 g/mol. The minimum atomic E-state index is -0.206. The van der Waals surface area contributed by atoms with Crippen molar-refractivity contribution in [2.75, 3.05) is 0 Å². The Kier molecular flexibility index (Phi) is 6.31. The van der Waals surface area contributed by atoms with Crippen LogP contribution in [0.1, 0.15) is 44.6 Å². The molecule has 1 aliphatic carbocycles. The van der Waals surface area contributed by atoms with Crippen molar-refractivity contribution in [3.8, 4) is 0 Å². The van der Waals surface area contributed by atoms with Crippen LogP contribution in [-0.4, -0.2) is 12.1 Å². The van der Waals surface area contributed by atoms with Gasteiger partial charge in [-0.05, 0) is 69.1 Å². The van der Waals surface area contributed by atoms with Crippen molar-refractivity contribution in [3.63, 3.8) is 0 Å². The number of hydrogen-bond donors (Lipinski definition) is 0. The molecule has 0 aliphatic heterocycles. The van der Waals surface area contributed by atoms with Gasteiger partial charge in [-0.3, -0.25) is 0 Å². The highest BCUT2D eigenvalue weighted by Gasteiger charge is 2.23. The summed E-state index contributed by atoms with van der Waals surface area (Å²) in [6.45, 7) is 1.83. The number of halogens is 1. The molecule has 0 bridgehead atoms. The molecule has 1 aliphatic rings. The van der Waals surface area contributed by atoms with Crippen molar-refractivity contribution in [1.82, 2.24) is 0 Å². The van der Waals surface area contributed by atoms with E-state index in [1.807, 2.05) is 19.1 Å². The fourth-order valence-electron chi connectivity index (χ4n) is 2.90. The van der Waals surface area contributed by atoms with Crippen LogP contribution in [0.4, 0.5) is 0 Å². The van der Waals surface area contributed by atoms with Gasteiger partial charge in [0.2, 0.25) is 0 Å². The minimum Gasteiger partial charge on any atom is -0.459 e. The van der Waals surface area contributed by atoms with E-state index < -0.39 is 0 Å². The van der Waals surface area contributed by atoms with Crippen LogP contribution in [0.3, 0.4) is 0 Å². The molecule has 0 aromatic heterocycles. The van der Waals surface area contributed by atoms with Crippen LogP contribution >= 0.6 is 11.6 Å². The third-order valence-corrected chi connectivity index (χ3v) is 4.39. The number of ether oxygens (including phenoxy) is 1. The van der Waals surface area contributed by atoms with Crippen molar-refractivity contribution in [2.45, 2.75) is 51.6 Å². The molecule has 0 N–H and O–H groups in total. The van der Waals surface area contributed by atoms with Gasteiger partial charge in [-0.1, -0.05) is 29.8 Å². The van der Waals surface area contributed by atoms with Crippen molar-refractivity contribution < 1.29 is 9.53 Å². The third kappa shape index (κ3) is 5.55. The molecule has 0 heterocycles. The molecule has 0 unspecified atom stereocenters. The molecule has 1 aromatic carbocycles. The first-order valence-electron chi connectivity index (χ1n) is 7.75. The van der Waals surface area contributed by atoms with Crippen molar-refractivity contribution in [1.29, 1.82) is 0 Å². The normalized spacial score (nSPS) is 22.4. The molecule has 1 fully saturated rings. The van der Waals surface area contributed by atoms with Crippen LogP contribution in [0.15, 0.2) is 36.4 Å². The average molecular weight is 307 g/mol. The van der Waals surface area contributed by atoms with E-state index in [1.165, 1.54) is 18.1 Å². The molecular formula is C18H23ClO2. The maximum Gasteiger partial charge on any atom is 0.330 e. The summed E-state index contributed by atoms with van der Waals surface area (Å²) in [4.78, 5) is 11.4. The summed E-state index contributed by atoms with van der Waals surface area (Å²) in [5.74, 6) is 0.541. The maximum atomic E-state index is 11.4. The van der Waals surface area contributed by atoms with E-state index in [0.29, 0.717) is 0 Å². The van der Waals surface area contributed by atoms with Crippen molar-refractivity contribution in [3.05, 3.63) is 47.0 Å². The fraction of sp³-hybridized carbons (Fsp3) is 0.500. The van der Waals surface area contributed by atoms with E-state index in [-0.39, 0.29) is 12.1 Å². The van der Waals surface area contributed by atoms with E-state index in [2.05, 4.69) is 12.1 Å². The predicted molar refractivity (Wildman–Crippen MR) is 86.4 cm³/mol. The molecular weight excluding hydrogens is 284 g/mol. The number of rotatable bonds is 5. The maximum absolute atomic E-state index is 11.4. The second-order valence-corrected chi connectivity index (χ2v) is 6.18. The third-order valence-electron chi connectivity index (χ3n) is 4.13. The van der Waals surface area contributed by atoms with Gasteiger partial charge in [0.15, 0.2) is 0 Å². The van der Waals surface area contributed by atoms with Gasteiger partial charge < -0.3 is 4.74 Å². The molecule has 0 saturated heterocycles. The Bertz CT molecular complexity index is 470. The van der Waals surface area contributed by atoms with E-state index in [9.17, 15) is 4.79 Å². The number of esters is 1. The summed E-state index contributed by atoms with van der Waals surface area (Å²) in [6.07, 6.45) is 9.93. The summed E-state index contributed by atoms with van der Waals surface area (Å²) in [6, 6.07) is 8.11. The summed E-state index contributed by atoms with van der Waals surface area (Å²) in [5.41, 5.74) is 1.35. The molecule has 0 radical (unpaired) electrons. The smallest absolute Gasteiger partial charge is 0.330 e. The lowest BCUT2D eigenvalue weighted by atomic mass is 9.84. The van der Waals surface area contributed by atoms with Gasteiger partial charge in [0.25, 0.3) is 0 Å². The Balaban J connectivity index is 1.69. The predicted octanol–water partition coefficient (Wildman–Crippen LogP) is 4.95. The molecule has 3 heteroatoms. The lowest BCUT2D eigenvalue weighted by molar-refractivity contribution is -0.144. The van der Waals surface area contributed by atoms with Crippen LogP contribution < -0.4 is 0 Å². The van der Waals surface area contributed by atoms with Crippen LogP contribution in [0.2, 0.25) is 5.02 Å². The van der Waals surface area contributed by atoms with Gasteiger partial charge >= 0.3 is 5.97 Å². The zero-order valence-electron chi connectivity index (χ0n) is 12.6. The summed E-state index contributed by atoms with van der Waals surface area (Å²) < 4.78 is 5.42. The molecule has 2 rings (SSSR count). The van der Waals surface area contributed by atoms with Gasteiger partial charge in [0, 0.05) is 11.1 Å². The highest BCUT2D eigenvalue weighted by molar-refractivity contribution is 6.30. The second-order valence-electron chi connectivity index (χ2n) is 5.74. The molecule has 2 nitrogen and oxygen atoms in total. The first-order valence-corrected chi connectivity index (χ1v) is 8.13. The van der Waals surface area contributed by atoms with Crippen LogP contribution in [0.25, 0.3) is 0 Å². The SMILES string of the molecule is CC=CC(=O)OC1CCC(CCc2ccc(Cl)cc2)CC1. The van der Waals surface area contributed by atoms with Crippen molar-refractivity contribution >= 4 is 17.6 Å². The zero-order valence-corrected chi connectivity index (χ0v) is 13.3. The number of carbonyl (C=O) groups excluding carboxylic acids is 1. The van der Waals surface area contributed by atoms with Crippen LogP contribution in [-0.2, 0) is 16.0 Å². The van der Waals surface area contributed by atoms with Crippen LogP contribution in [0, 0.1) is 5.92 Å². The quantitative estimate of drug-likeness (QED) is 0.568. The second kappa shape index (κ2) is 8.23. The largest absolute Gasteiger partial charge is 0.459 e. The first kappa shape index (κ1) is 16.1. The molecule has 0 atom stereocenters. The molecule has 0 spiro atoms.